The van der Waals surface area contributed by atoms with E-state index in [9.17, 15) is 19.7 Å². The number of carbonyl (C=O) groups excluding carboxylic acids is 2. The summed E-state index contributed by atoms with van der Waals surface area (Å²) in [5.41, 5.74) is 0.856. The third-order valence-corrected chi connectivity index (χ3v) is 4.60. The molecule has 0 saturated carbocycles. The van der Waals surface area contributed by atoms with Crippen LogP contribution in [-0.4, -0.2) is 22.9 Å². The van der Waals surface area contributed by atoms with Crippen LogP contribution in [0.25, 0.3) is 6.08 Å². The summed E-state index contributed by atoms with van der Waals surface area (Å²) in [7, 11) is 0. The van der Waals surface area contributed by atoms with Gasteiger partial charge in [0.1, 0.15) is 0 Å². The van der Waals surface area contributed by atoms with Gasteiger partial charge < -0.3 is 10.1 Å². The van der Waals surface area contributed by atoms with Crippen LogP contribution in [0.5, 0.6) is 0 Å². The van der Waals surface area contributed by atoms with Gasteiger partial charge in [0, 0.05) is 16.6 Å². The first-order valence-electron chi connectivity index (χ1n) is 8.94. The number of para-hydroxylation sites is 1. The second-order valence-corrected chi connectivity index (χ2v) is 7.33. The molecule has 1 N–H and O–H groups in total. The average Bonchev–Trinajstić information content (AvgIpc) is 2.66. The van der Waals surface area contributed by atoms with Crippen molar-refractivity contribution in [3.05, 3.63) is 80.3 Å². The third kappa shape index (κ3) is 6.83. The summed E-state index contributed by atoms with van der Waals surface area (Å²) in [5.74, 6) is -1.04. The van der Waals surface area contributed by atoms with Gasteiger partial charge in [0.05, 0.1) is 29.1 Å². The van der Waals surface area contributed by atoms with Crippen molar-refractivity contribution in [1.29, 1.82) is 0 Å². The highest BCUT2D eigenvalue weighted by molar-refractivity contribution is 9.10. The Morgan fingerprint density at radius 1 is 1.17 bits per heavy atom. The Morgan fingerprint density at radius 3 is 2.48 bits per heavy atom. The molecule has 0 heterocycles. The highest BCUT2D eigenvalue weighted by Gasteiger charge is 2.26. The van der Waals surface area contributed by atoms with Gasteiger partial charge in [0.25, 0.3) is 5.69 Å². The standard InChI is InChI=1S/C21H21BrN2O5/c1-14(2)29-21(26)13-18(16-8-4-6-10-19(16)24(27)28)23-20(25)12-11-15-7-3-5-9-17(15)22/h3-12,14,18H,13H2,1-2H3,(H,23,25). The summed E-state index contributed by atoms with van der Waals surface area (Å²) in [4.78, 5) is 35.5. The minimum Gasteiger partial charge on any atom is -0.463 e. The molecule has 2 aromatic carbocycles. The zero-order valence-corrected chi connectivity index (χ0v) is 17.6. The van der Waals surface area contributed by atoms with Crippen LogP contribution in [0, 0.1) is 10.1 Å². The zero-order chi connectivity index (χ0) is 21.4. The Balaban J connectivity index is 2.26. The molecule has 152 valence electrons. The summed E-state index contributed by atoms with van der Waals surface area (Å²) in [6, 6.07) is 12.4. The monoisotopic (exact) mass is 460 g/mol. The van der Waals surface area contributed by atoms with E-state index in [1.807, 2.05) is 24.3 Å². The Hall–Kier alpha value is -3.00. The Labute approximate surface area is 177 Å². The number of nitro groups is 1. The Bertz CT molecular complexity index is 927. The van der Waals surface area contributed by atoms with Crippen LogP contribution < -0.4 is 5.32 Å². The number of rotatable bonds is 8. The topological polar surface area (TPSA) is 98.5 Å². The quantitative estimate of drug-likeness (QED) is 0.269. The van der Waals surface area contributed by atoms with Gasteiger partial charge in [-0.1, -0.05) is 52.3 Å². The molecule has 0 radical (unpaired) electrons. The van der Waals surface area contributed by atoms with E-state index in [4.69, 9.17) is 4.74 Å². The van der Waals surface area contributed by atoms with E-state index in [-0.39, 0.29) is 23.8 Å². The summed E-state index contributed by atoms with van der Waals surface area (Å²) in [6.07, 6.45) is 2.37. The summed E-state index contributed by atoms with van der Waals surface area (Å²) in [5, 5.41) is 14.1. The van der Waals surface area contributed by atoms with Crippen molar-refractivity contribution in [2.45, 2.75) is 32.4 Å². The molecule has 0 spiro atoms. The van der Waals surface area contributed by atoms with E-state index in [0.29, 0.717) is 0 Å². The lowest BCUT2D eigenvalue weighted by Crippen LogP contribution is -2.30. The fourth-order valence-electron chi connectivity index (χ4n) is 2.66. The van der Waals surface area contributed by atoms with Crippen molar-refractivity contribution in [3.63, 3.8) is 0 Å². The van der Waals surface area contributed by atoms with Crippen LogP contribution >= 0.6 is 15.9 Å². The lowest BCUT2D eigenvalue weighted by atomic mass is 10.0. The van der Waals surface area contributed by atoms with Crippen LogP contribution in [0.15, 0.2) is 59.1 Å². The van der Waals surface area contributed by atoms with E-state index in [1.54, 1.807) is 26.0 Å². The number of hydrogen-bond donors (Lipinski definition) is 1. The Kier molecular flexibility index (Phi) is 8.09. The molecule has 1 atom stereocenters. The number of nitrogens with one attached hydrogen (secondary N) is 1. The number of benzene rings is 2. The van der Waals surface area contributed by atoms with Crippen molar-refractivity contribution < 1.29 is 19.2 Å². The van der Waals surface area contributed by atoms with E-state index in [1.165, 1.54) is 24.3 Å². The smallest absolute Gasteiger partial charge is 0.308 e. The SMILES string of the molecule is CC(C)OC(=O)CC(NC(=O)C=Cc1ccccc1Br)c1ccccc1[N+](=O)[O-]. The molecule has 0 bridgehead atoms. The normalized spacial score (nSPS) is 12.0. The minimum atomic E-state index is -0.904. The van der Waals surface area contributed by atoms with Gasteiger partial charge in [-0.2, -0.15) is 0 Å². The van der Waals surface area contributed by atoms with Gasteiger partial charge in [0.15, 0.2) is 0 Å². The van der Waals surface area contributed by atoms with E-state index < -0.39 is 22.8 Å². The molecular formula is C21H21BrN2O5. The number of nitrogens with zero attached hydrogens (tertiary/aromatic N) is 1. The van der Waals surface area contributed by atoms with Gasteiger partial charge in [-0.3, -0.25) is 19.7 Å². The molecule has 2 rings (SSSR count). The lowest BCUT2D eigenvalue weighted by Gasteiger charge is -2.18. The molecule has 0 aliphatic carbocycles. The Morgan fingerprint density at radius 2 is 1.83 bits per heavy atom. The molecule has 7 nitrogen and oxygen atoms in total. The minimum absolute atomic E-state index is 0.176. The maximum absolute atomic E-state index is 12.5. The van der Waals surface area contributed by atoms with E-state index >= 15 is 0 Å². The van der Waals surface area contributed by atoms with Crippen molar-refractivity contribution in [2.75, 3.05) is 0 Å². The number of halogens is 1. The summed E-state index contributed by atoms with van der Waals surface area (Å²) in [6.45, 7) is 3.41. The fraction of sp³-hybridized carbons (Fsp3) is 0.238. The number of nitro benzene ring substituents is 1. The second-order valence-electron chi connectivity index (χ2n) is 6.47. The van der Waals surface area contributed by atoms with Crippen LogP contribution in [0.1, 0.15) is 37.4 Å². The molecule has 0 aliphatic rings. The van der Waals surface area contributed by atoms with Gasteiger partial charge in [0.2, 0.25) is 5.91 Å². The zero-order valence-electron chi connectivity index (χ0n) is 16.0. The van der Waals surface area contributed by atoms with Crippen LogP contribution in [0.3, 0.4) is 0 Å². The first kappa shape index (κ1) is 22.3. The molecule has 0 aromatic heterocycles. The molecule has 0 aliphatic heterocycles. The van der Waals surface area contributed by atoms with Gasteiger partial charge in [-0.15, -0.1) is 0 Å². The predicted molar refractivity (Wildman–Crippen MR) is 113 cm³/mol. The fourth-order valence-corrected chi connectivity index (χ4v) is 3.08. The maximum Gasteiger partial charge on any atom is 0.308 e. The van der Waals surface area contributed by atoms with Crippen LogP contribution in [-0.2, 0) is 14.3 Å². The first-order chi connectivity index (χ1) is 13.8. The van der Waals surface area contributed by atoms with Crippen molar-refractivity contribution in [2.24, 2.45) is 0 Å². The lowest BCUT2D eigenvalue weighted by molar-refractivity contribution is -0.385. The molecule has 1 amide bonds. The van der Waals surface area contributed by atoms with Gasteiger partial charge in [-0.05, 0) is 31.6 Å². The van der Waals surface area contributed by atoms with E-state index in [0.717, 1.165) is 10.0 Å². The maximum atomic E-state index is 12.5. The van der Waals surface area contributed by atoms with Crippen molar-refractivity contribution >= 4 is 39.6 Å². The van der Waals surface area contributed by atoms with Crippen molar-refractivity contribution in [1.82, 2.24) is 5.32 Å². The second kappa shape index (κ2) is 10.5. The molecular weight excluding hydrogens is 440 g/mol. The number of hydrogen-bond acceptors (Lipinski definition) is 5. The average molecular weight is 461 g/mol. The molecule has 29 heavy (non-hydrogen) atoms. The molecule has 1 unspecified atom stereocenters. The van der Waals surface area contributed by atoms with Crippen molar-refractivity contribution in [3.8, 4) is 0 Å². The van der Waals surface area contributed by atoms with Gasteiger partial charge in [-0.25, -0.2) is 0 Å². The number of esters is 1. The third-order valence-electron chi connectivity index (χ3n) is 3.88. The molecule has 0 saturated heterocycles. The summed E-state index contributed by atoms with van der Waals surface area (Å²) >= 11 is 3.40. The van der Waals surface area contributed by atoms with Crippen LogP contribution in [0.2, 0.25) is 0 Å². The molecule has 0 fully saturated rings. The first-order valence-corrected chi connectivity index (χ1v) is 9.73. The number of ether oxygens (including phenoxy) is 1. The summed E-state index contributed by atoms with van der Waals surface area (Å²) < 4.78 is 5.96. The highest BCUT2D eigenvalue weighted by atomic mass is 79.9. The number of carbonyl (C=O) groups is 2. The van der Waals surface area contributed by atoms with E-state index in [2.05, 4.69) is 21.2 Å². The molecule has 2 aromatic rings. The number of amides is 1. The predicted octanol–water partition coefficient (Wildman–Crippen LogP) is 4.57. The van der Waals surface area contributed by atoms with Crippen LogP contribution in [0.4, 0.5) is 5.69 Å². The molecule has 8 heteroatoms. The highest BCUT2D eigenvalue weighted by Crippen LogP contribution is 2.27. The van der Waals surface area contributed by atoms with Gasteiger partial charge >= 0.3 is 5.97 Å². The largest absolute Gasteiger partial charge is 0.463 e.